The van der Waals surface area contributed by atoms with Gasteiger partial charge in [-0.05, 0) is 0 Å². The van der Waals surface area contributed by atoms with E-state index in [4.69, 9.17) is 11.5 Å². The molecule has 0 aromatic carbocycles. The van der Waals surface area contributed by atoms with E-state index >= 15 is 0 Å². The van der Waals surface area contributed by atoms with Crippen molar-refractivity contribution >= 4 is 0 Å². The summed E-state index contributed by atoms with van der Waals surface area (Å²) in [7, 11) is 0. The van der Waals surface area contributed by atoms with Crippen molar-refractivity contribution in [1.29, 1.82) is 0 Å². The Morgan fingerprint density at radius 1 is 0.857 bits per heavy atom. The Hall–Kier alpha value is 0.528. The van der Waals surface area contributed by atoms with Crippen LogP contribution in [0.4, 0.5) is 0 Å². The summed E-state index contributed by atoms with van der Waals surface area (Å²) in [5, 5.41) is 0. The summed E-state index contributed by atoms with van der Waals surface area (Å²) in [4.78, 5) is 0. The van der Waals surface area contributed by atoms with Crippen LogP contribution in [0.2, 0.25) is 0 Å². The topological polar surface area (TPSA) is 111 Å². The van der Waals surface area contributed by atoms with Crippen LogP contribution >= 0.6 is 0 Å². The molecular formula is C2H10N2O2Pt. The summed E-state index contributed by atoms with van der Waals surface area (Å²) in [6.45, 7) is 0.472. The Morgan fingerprint density at radius 2 is 1.00 bits per heavy atom. The molecule has 4 nitrogen and oxygen atoms in total. The number of hydrogen-bond donors (Lipinski definition) is 0. The van der Waals surface area contributed by atoms with Gasteiger partial charge in [-0.1, -0.05) is 0 Å². The first-order chi connectivity index (χ1) is 1.91. The maximum atomic E-state index is 6.26. The molecule has 0 unspecified atom stereocenters. The van der Waals surface area contributed by atoms with Crippen LogP contribution in [0.5, 0.6) is 0 Å². The predicted octanol–water partition coefficient (Wildman–Crippen LogP) is -0.561. The molecular weight excluding hydrogens is 279 g/mol. The predicted molar refractivity (Wildman–Crippen MR) is 25.6 cm³/mol. The fourth-order valence-corrected chi connectivity index (χ4v) is 0. The zero-order valence-corrected chi connectivity index (χ0v) is 6.00. The van der Waals surface area contributed by atoms with Crippen molar-refractivity contribution < 1.29 is 32.0 Å². The number of hydrogen-bond acceptors (Lipinski definition) is 0. The fourth-order valence-electron chi connectivity index (χ4n) is 0. The van der Waals surface area contributed by atoms with E-state index in [1.807, 2.05) is 0 Å². The van der Waals surface area contributed by atoms with Crippen LogP contribution < -0.4 is 0 Å². The van der Waals surface area contributed by atoms with Crippen molar-refractivity contribution in [3.8, 4) is 0 Å². The van der Waals surface area contributed by atoms with Gasteiger partial charge in [-0.25, -0.2) is 0 Å². The van der Waals surface area contributed by atoms with Crippen LogP contribution in [-0.4, -0.2) is 24.0 Å². The second-order valence-corrected chi connectivity index (χ2v) is 0.500. The molecule has 0 aromatic heterocycles. The molecule has 0 aliphatic heterocycles. The zero-order valence-electron chi connectivity index (χ0n) is 3.73. The fraction of sp³-hybridized carbons (Fsp3) is 1.00. The van der Waals surface area contributed by atoms with Crippen molar-refractivity contribution in [1.82, 2.24) is 0 Å². The minimum absolute atomic E-state index is 0. The summed E-state index contributed by atoms with van der Waals surface area (Å²) >= 11 is 0. The zero-order chi connectivity index (χ0) is 3.41. The van der Waals surface area contributed by atoms with Gasteiger partial charge in [0.15, 0.2) is 0 Å². The molecule has 0 radical (unpaired) electrons. The van der Waals surface area contributed by atoms with Gasteiger partial charge in [0.05, 0.1) is 0 Å². The van der Waals surface area contributed by atoms with E-state index in [1.165, 1.54) is 0 Å². The molecule has 0 amide bonds. The van der Waals surface area contributed by atoms with Crippen LogP contribution in [0, 0.1) is 0 Å². The van der Waals surface area contributed by atoms with Gasteiger partial charge in [-0.15, -0.1) is 0 Å². The molecule has 5 heteroatoms. The van der Waals surface area contributed by atoms with Gasteiger partial charge in [0.1, 0.15) is 0 Å². The van der Waals surface area contributed by atoms with Crippen LogP contribution in [0.1, 0.15) is 0 Å². The molecule has 0 saturated heterocycles. The van der Waals surface area contributed by atoms with Gasteiger partial charge in [0.2, 0.25) is 0 Å². The molecule has 6 N–H and O–H groups in total. The second-order valence-electron chi connectivity index (χ2n) is 0.500. The van der Waals surface area contributed by atoms with E-state index in [1.54, 1.807) is 0 Å². The first-order valence-corrected chi connectivity index (χ1v) is 1.21. The van der Waals surface area contributed by atoms with Crippen LogP contribution in [0.25, 0.3) is 11.5 Å². The summed E-state index contributed by atoms with van der Waals surface area (Å²) < 4.78 is 0. The summed E-state index contributed by atoms with van der Waals surface area (Å²) in [5.74, 6) is 0. The third-order valence-corrected chi connectivity index (χ3v) is 0.125. The van der Waals surface area contributed by atoms with E-state index in [2.05, 4.69) is 0 Å². The number of rotatable bonds is 1. The largest absolute Gasteiger partial charge is 2.00 e. The van der Waals surface area contributed by atoms with E-state index in [9.17, 15) is 0 Å². The monoisotopic (exact) mass is 289 g/mol. The van der Waals surface area contributed by atoms with Crippen molar-refractivity contribution in [3.63, 3.8) is 0 Å². The molecule has 0 aromatic rings. The Balaban J connectivity index is -0.0000000150. The van der Waals surface area contributed by atoms with Gasteiger partial charge in [0, 0.05) is 0 Å². The van der Waals surface area contributed by atoms with Crippen LogP contribution in [-0.2, 0) is 21.1 Å². The SMILES string of the molecule is O.O.[NH-]CC[NH-].[Pt+2]. The third kappa shape index (κ3) is 57.3. The van der Waals surface area contributed by atoms with Crippen molar-refractivity contribution in [2.24, 2.45) is 0 Å². The van der Waals surface area contributed by atoms with Crippen molar-refractivity contribution in [2.45, 2.75) is 0 Å². The Labute approximate surface area is 57.1 Å². The molecule has 0 atom stereocenters. The first-order valence-electron chi connectivity index (χ1n) is 1.21. The molecule has 0 aliphatic carbocycles. The first kappa shape index (κ1) is 25.8. The molecule has 0 rings (SSSR count). The van der Waals surface area contributed by atoms with Gasteiger partial charge < -0.3 is 22.4 Å². The average Bonchev–Trinajstić information content (AvgIpc) is 1.37. The van der Waals surface area contributed by atoms with E-state index in [0.717, 1.165) is 0 Å². The molecule has 0 fully saturated rings. The summed E-state index contributed by atoms with van der Waals surface area (Å²) in [6, 6.07) is 0. The van der Waals surface area contributed by atoms with Crippen LogP contribution in [0.15, 0.2) is 0 Å². The molecule has 50 valence electrons. The summed E-state index contributed by atoms with van der Waals surface area (Å²) in [6.07, 6.45) is 0. The van der Waals surface area contributed by atoms with E-state index in [0.29, 0.717) is 0 Å². The molecule has 7 heavy (non-hydrogen) atoms. The third-order valence-electron chi connectivity index (χ3n) is 0.125. The molecule has 0 saturated carbocycles. The van der Waals surface area contributed by atoms with Gasteiger partial charge in [-0.2, -0.15) is 13.1 Å². The number of nitrogens with one attached hydrogen (secondary N) is 2. The van der Waals surface area contributed by atoms with Gasteiger partial charge >= 0.3 is 21.1 Å². The Bertz CT molecular complexity index is 15.7. The quantitative estimate of drug-likeness (QED) is 0.616. The molecule has 0 bridgehead atoms. The Morgan fingerprint density at radius 3 is 1.00 bits per heavy atom. The van der Waals surface area contributed by atoms with Crippen LogP contribution in [0.3, 0.4) is 0 Å². The second kappa shape index (κ2) is 31.2. The van der Waals surface area contributed by atoms with Crippen molar-refractivity contribution in [2.75, 3.05) is 13.1 Å². The molecule has 0 heterocycles. The minimum Gasteiger partial charge on any atom is -0.679 e. The van der Waals surface area contributed by atoms with Crippen molar-refractivity contribution in [3.05, 3.63) is 11.5 Å². The smallest absolute Gasteiger partial charge is 0.679 e. The van der Waals surface area contributed by atoms with Gasteiger partial charge in [0.25, 0.3) is 0 Å². The van der Waals surface area contributed by atoms with E-state index < -0.39 is 0 Å². The normalized spacial score (nSPS) is 4.29. The maximum Gasteiger partial charge on any atom is 2.00 e. The average molecular weight is 289 g/mol. The van der Waals surface area contributed by atoms with E-state index in [-0.39, 0.29) is 45.1 Å². The molecule has 0 aliphatic rings. The standard InChI is InChI=1S/C2H6N2.2H2O.Pt/c3-1-2-4;;;/h3-4H,1-2H2;2*1H2;/q-2;;;+2. The maximum absolute atomic E-state index is 6.26. The molecule has 0 spiro atoms. The summed E-state index contributed by atoms with van der Waals surface area (Å²) in [5.41, 5.74) is 12.5. The van der Waals surface area contributed by atoms with Gasteiger partial charge in [-0.3, -0.25) is 0 Å². The Kier molecular flexibility index (Phi) is 115. The minimum atomic E-state index is 0.